The zero-order chi connectivity index (χ0) is 18.3. The molecule has 0 fully saturated rings. The molecule has 1 heteroatoms. The van der Waals surface area contributed by atoms with Crippen LogP contribution in [0.1, 0.15) is 109 Å². The van der Waals surface area contributed by atoms with Gasteiger partial charge in [-0.05, 0) is 44.1 Å². The van der Waals surface area contributed by atoms with Gasteiger partial charge in [-0.1, -0.05) is 101 Å². The fourth-order valence-corrected chi connectivity index (χ4v) is 4.23. The van der Waals surface area contributed by atoms with Gasteiger partial charge in [-0.3, -0.25) is 0 Å². The maximum absolute atomic E-state index is 3.16. The van der Waals surface area contributed by atoms with Crippen LogP contribution in [0, 0.1) is 0 Å². The molecule has 0 aromatic heterocycles. The van der Waals surface area contributed by atoms with E-state index in [0.717, 1.165) is 0 Å². The zero-order valence-electron chi connectivity index (χ0n) is 17.0. The van der Waals surface area contributed by atoms with Crippen molar-refractivity contribution in [3.63, 3.8) is 0 Å². The van der Waals surface area contributed by atoms with Crippen molar-refractivity contribution in [2.45, 2.75) is 103 Å². The predicted octanol–water partition coefficient (Wildman–Crippen LogP) is 8.64. The first kappa shape index (κ1) is 22.4. The van der Waals surface area contributed by atoms with Gasteiger partial charge in [0.2, 0.25) is 0 Å². The van der Waals surface area contributed by atoms with Crippen LogP contribution in [0.3, 0.4) is 0 Å². The van der Waals surface area contributed by atoms with Gasteiger partial charge in [0, 0.05) is 5.66 Å². The summed E-state index contributed by atoms with van der Waals surface area (Å²) in [5.74, 6) is 0. The average Bonchev–Trinajstić information content (AvgIpc) is 2.65. The van der Waals surface area contributed by atoms with E-state index in [1.165, 1.54) is 82.6 Å². The Morgan fingerprint density at radius 1 is 0.720 bits per heavy atom. The van der Waals surface area contributed by atoms with Gasteiger partial charge in [0.1, 0.15) is 0 Å². The standard InChI is InChI=1S/C24H41P/c1-4-7-11-16-21(17-12-8-5-2)23(20-13-9-6-3)24(25)22-18-14-10-15-19-22/h10,14-15,18-19,24H,4-9,11-13,16-17,20,25H2,1-3H3. The van der Waals surface area contributed by atoms with E-state index in [1.807, 2.05) is 0 Å². The molecular weight excluding hydrogens is 319 g/mol. The van der Waals surface area contributed by atoms with E-state index in [0.29, 0.717) is 5.66 Å². The molecule has 2 unspecified atom stereocenters. The molecule has 0 amide bonds. The van der Waals surface area contributed by atoms with Crippen LogP contribution in [0.2, 0.25) is 0 Å². The van der Waals surface area contributed by atoms with E-state index in [-0.39, 0.29) is 0 Å². The lowest BCUT2D eigenvalue weighted by Crippen LogP contribution is -2.02. The third-order valence-corrected chi connectivity index (χ3v) is 5.99. The van der Waals surface area contributed by atoms with Crippen LogP contribution >= 0.6 is 9.24 Å². The second-order valence-electron chi connectivity index (χ2n) is 7.39. The Balaban J connectivity index is 3.01. The van der Waals surface area contributed by atoms with E-state index < -0.39 is 0 Å². The summed E-state index contributed by atoms with van der Waals surface area (Å²) in [6, 6.07) is 11.1. The third kappa shape index (κ3) is 9.05. The van der Waals surface area contributed by atoms with Crippen LogP contribution in [0.15, 0.2) is 41.5 Å². The predicted molar refractivity (Wildman–Crippen MR) is 118 cm³/mol. The lowest BCUT2D eigenvalue weighted by atomic mass is 9.89. The summed E-state index contributed by atoms with van der Waals surface area (Å²) < 4.78 is 0. The molecule has 0 aliphatic rings. The monoisotopic (exact) mass is 360 g/mol. The smallest absolute Gasteiger partial charge is 0.0195 e. The normalized spacial score (nSPS) is 12.2. The molecule has 0 bridgehead atoms. The Morgan fingerprint density at radius 2 is 1.20 bits per heavy atom. The zero-order valence-corrected chi connectivity index (χ0v) is 18.2. The highest BCUT2D eigenvalue weighted by Crippen LogP contribution is 2.38. The van der Waals surface area contributed by atoms with Gasteiger partial charge < -0.3 is 0 Å². The van der Waals surface area contributed by atoms with Gasteiger partial charge in [0.15, 0.2) is 0 Å². The van der Waals surface area contributed by atoms with Gasteiger partial charge in [0.25, 0.3) is 0 Å². The maximum atomic E-state index is 3.16. The Labute approximate surface area is 160 Å². The lowest BCUT2D eigenvalue weighted by molar-refractivity contribution is 0.634. The largest absolute Gasteiger partial charge is 0.125 e. The SMILES string of the molecule is CCCCCC(CCCCC)=C(CCCCC)C(P)c1ccccc1. The van der Waals surface area contributed by atoms with Crippen molar-refractivity contribution in [1.82, 2.24) is 0 Å². The Kier molecular flexibility index (Phi) is 13.1. The van der Waals surface area contributed by atoms with E-state index in [4.69, 9.17) is 0 Å². The van der Waals surface area contributed by atoms with Crippen molar-refractivity contribution < 1.29 is 0 Å². The van der Waals surface area contributed by atoms with E-state index in [2.05, 4.69) is 60.3 Å². The minimum atomic E-state index is 0.497. The van der Waals surface area contributed by atoms with Crippen LogP contribution in [-0.2, 0) is 0 Å². The van der Waals surface area contributed by atoms with Crippen molar-refractivity contribution in [3.8, 4) is 0 Å². The molecule has 0 aliphatic heterocycles. The molecule has 0 nitrogen and oxygen atoms in total. The number of allylic oxidation sites excluding steroid dienone is 2. The first-order valence-corrected chi connectivity index (χ1v) is 11.4. The third-order valence-electron chi connectivity index (χ3n) is 5.20. The number of hydrogen-bond donors (Lipinski definition) is 0. The highest BCUT2D eigenvalue weighted by molar-refractivity contribution is 7.17. The molecule has 0 saturated heterocycles. The van der Waals surface area contributed by atoms with E-state index >= 15 is 0 Å². The second-order valence-corrected chi connectivity index (χ2v) is 8.06. The first-order valence-electron chi connectivity index (χ1n) is 10.8. The molecule has 1 rings (SSSR count). The molecule has 0 N–H and O–H groups in total. The summed E-state index contributed by atoms with van der Waals surface area (Å²) in [6.07, 6.45) is 16.0. The number of benzene rings is 1. The molecule has 0 aliphatic carbocycles. The van der Waals surface area contributed by atoms with Crippen LogP contribution in [0.4, 0.5) is 0 Å². The molecule has 0 spiro atoms. The van der Waals surface area contributed by atoms with Gasteiger partial charge in [0.05, 0.1) is 0 Å². The minimum Gasteiger partial charge on any atom is -0.125 e. The fraction of sp³-hybridized carbons (Fsp3) is 0.667. The molecule has 1 aromatic carbocycles. The number of hydrogen-bond acceptors (Lipinski definition) is 0. The van der Waals surface area contributed by atoms with Crippen molar-refractivity contribution in [3.05, 3.63) is 47.0 Å². The van der Waals surface area contributed by atoms with Crippen molar-refractivity contribution in [1.29, 1.82) is 0 Å². The second kappa shape index (κ2) is 14.5. The van der Waals surface area contributed by atoms with E-state index in [9.17, 15) is 0 Å². The van der Waals surface area contributed by atoms with Gasteiger partial charge in [-0.2, -0.15) is 0 Å². The highest BCUT2D eigenvalue weighted by Gasteiger charge is 2.16. The first-order chi connectivity index (χ1) is 12.2. The summed E-state index contributed by atoms with van der Waals surface area (Å²) in [4.78, 5) is 0. The molecule has 0 saturated carbocycles. The lowest BCUT2D eigenvalue weighted by Gasteiger charge is -2.22. The van der Waals surface area contributed by atoms with Crippen molar-refractivity contribution in [2.75, 3.05) is 0 Å². The summed E-state index contributed by atoms with van der Waals surface area (Å²) in [5, 5.41) is 0. The average molecular weight is 361 g/mol. The summed E-state index contributed by atoms with van der Waals surface area (Å²) in [7, 11) is 3.16. The topological polar surface area (TPSA) is 0 Å². The molecule has 2 atom stereocenters. The van der Waals surface area contributed by atoms with Gasteiger partial charge in [-0.15, -0.1) is 9.24 Å². The Bertz CT molecular complexity index is 448. The van der Waals surface area contributed by atoms with Gasteiger partial charge in [-0.25, -0.2) is 0 Å². The quantitative estimate of drug-likeness (QED) is 0.177. The summed E-state index contributed by atoms with van der Waals surface area (Å²) >= 11 is 0. The van der Waals surface area contributed by atoms with E-state index in [1.54, 1.807) is 11.1 Å². The summed E-state index contributed by atoms with van der Waals surface area (Å²) in [6.45, 7) is 6.93. The Morgan fingerprint density at radius 3 is 1.68 bits per heavy atom. The van der Waals surface area contributed by atoms with Crippen LogP contribution < -0.4 is 0 Å². The number of unbranched alkanes of at least 4 members (excludes halogenated alkanes) is 6. The van der Waals surface area contributed by atoms with Gasteiger partial charge >= 0.3 is 0 Å². The maximum Gasteiger partial charge on any atom is 0.0195 e. The molecule has 25 heavy (non-hydrogen) atoms. The van der Waals surface area contributed by atoms with Crippen molar-refractivity contribution in [2.24, 2.45) is 0 Å². The molecule has 0 radical (unpaired) electrons. The molecular formula is C24H41P. The molecule has 142 valence electrons. The van der Waals surface area contributed by atoms with Crippen LogP contribution in [0.5, 0.6) is 0 Å². The Hall–Kier alpha value is -0.610. The highest BCUT2D eigenvalue weighted by atomic mass is 31.0. The van der Waals surface area contributed by atoms with Crippen LogP contribution in [0.25, 0.3) is 0 Å². The number of rotatable bonds is 14. The molecule has 0 heterocycles. The fourth-order valence-electron chi connectivity index (χ4n) is 3.60. The summed E-state index contributed by atoms with van der Waals surface area (Å²) in [5.41, 5.74) is 5.47. The minimum absolute atomic E-state index is 0.497. The van der Waals surface area contributed by atoms with Crippen LogP contribution in [-0.4, -0.2) is 0 Å². The molecule has 1 aromatic rings. The van der Waals surface area contributed by atoms with Crippen molar-refractivity contribution >= 4 is 9.24 Å².